The maximum Gasteiger partial charge on any atom is 0.149 e. The summed E-state index contributed by atoms with van der Waals surface area (Å²) in [6, 6.07) is 8.99. The molecule has 1 aromatic heterocycles. The fraction of sp³-hybridized carbons (Fsp3) is 0.375. The summed E-state index contributed by atoms with van der Waals surface area (Å²) in [5, 5.41) is 3.85. The molecule has 0 amide bonds. The molecule has 2 aromatic rings. The molecular formula is C16H18BrClN4. The zero-order valence-corrected chi connectivity index (χ0v) is 14.5. The predicted molar refractivity (Wildman–Crippen MR) is 93.1 cm³/mol. The van der Waals surface area contributed by atoms with Crippen LogP contribution in [0.15, 0.2) is 41.1 Å². The van der Waals surface area contributed by atoms with E-state index in [9.17, 15) is 0 Å². The highest BCUT2D eigenvalue weighted by atomic mass is 79.9. The fourth-order valence-electron chi connectivity index (χ4n) is 2.70. The third-order valence-corrected chi connectivity index (χ3v) is 4.57. The molecule has 3 rings (SSSR count). The Morgan fingerprint density at radius 2 is 1.91 bits per heavy atom. The van der Waals surface area contributed by atoms with Crippen LogP contribution in [-0.2, 0) is 6.54 Å². The highest BCUT2D eigenvalue weighted by molar-refractivity contribution is 9.10. The molecule has 2 heterocycles. The molecule has 4 nitrogen and oxygen atoms in total. The topological polar surface area (TPSA) is 41.1 Å². The third kappa shape index (κ3) is 4.41. The van der Waals surface area contributed by atoms with Gasteiger partial charge in [0.05, 0.1) is 12.4 Å². The van der Waals surface area contributed by atoms with E-state index in [-0.39, 0.29) is 0 Å². The van der Waals surface area contributed by atoms with Crippen LogP contribution in [0.25, 0.3) is 0 Å². The van der Waals surface area contributed by atoms with Gasteiger partial charge in [0.2, 0.25) is 0 Å². The Morgan fingerprint density at radius 1 is 1.18 bits per heavy atom. The molecule has 1 aliphatic rings. The van der Waals surface area contributed by atoms with Gasteiger partial charge in [0.15, 0.2) is 0 Å². The van der Waals surface area contributed by atoms with E-state index in [2.05, 4.69) is 60.4 Å². The SMILES string of the molecule is Clc1cncc(NC2CCN(Cc3ccc(Br)cc3)CC2)n1. The Kier molecular flexibility index (Phi) is 5.28. The highest BCUT2D eigenvalue weighted by Crippen LogP contribution is 2.18. The van der Waals surface area contributed by atoms with E-state index in [0.717, 1.165) is 42.8 Å². The van der Waals surface area contributed by atoms with Crippen molar-refractivity contribution in [3.63, 3.8) is 0 Å². The second kappa shape index (κ2) is 7.40. The van der Waals surface area contributed by atoms with Crippen LogP contribution in [0.4, 0.5) is 5.82 Å². The number of rotatable bonds is 4. The summed E-state index contributed by atoms with van der Waals surface area (Å²) < 4.78 is 1.13. The van der Waals surface area contributed by atoms with Crippen molar-refractivity contribution in [2.24, 2.45) is 0 Å². The average molecular weight is 382 g/mol. The van der Waals surface area contributed by atoms with Crippen LogP contribution < -0.4 is 5.32 Å². The summed E-state index contributed by atoms with van der Waals surface area (Å²) in [6.45, 7) is 3.18. The van der Waals surface area contributed by atoms with Crippen LogP contribution in [0.5, 0.6) is 0 Å². The van der Waals surface area contributed by atoms with E-state index in [4.69, 9.17) is 11.6 Å². The zero-order chi connectivity index (χ0) is 15.4. The molecule has 0 unspecified atom stereocenters. The first-order chi connectivity index (χ1) is 10.7. The van der Waals surface area contributed by atoms with Crippen LogP contribution in [0.3, 0.4) is 0 Å². The van der Waals surface area contributed by atoms with Gasteiger partial charge in [-0.2, -0.15) is 0 Å². The normalized spacial score (nSPS) is 16.6. The minimum absolute atomic E-state index is 0.428. The van der Waals surface area contributed by atoms with Gasteiger partial charge in [-0.3, -0.25) is 9.88 Å². The van der Waals surface area contributed by atoms with Gasteiger partial charge in [0, 0.05) is 30.1 Å². The number of aromatic nitrogens is 2. The quantitative estimate of drug-likeness (QED) is 0.870. The van der Waals surface area contributed by atoms with E-state index >= 15 is 0 Å². The number of halogens is 2. The first-order valence-electron chi connectivity index (χ1n) is 7.40. The van der Waals surface area contributed by atoms with Gasteiger partial charge in [-0.1, -0.05) is 39.7 Å². The van der Waals surface area contributed by atoms with Gasteiger partial charge in [-0.15, -0.1) is 0 Å². The molecular weight excluding hydrogens is 364 g/mol. The number of piperidine rings is 1. The smallest absolute Gasteiger partial charge is 0.149 e. The second-order valence-electron chi connectivity index (χ2n) is 5.55. The Balaban J connectivity index is 1.49. The van der Waals surface area contributed by atoms with E-state index < -0.39 is 0 Å². The van der Waals surface area contributed by atoms with Gasteiger partial charge in [-0.25, -0.2) is 4.98 Å². The van der Waals surface area contributed by atoms with Crippen LogP contribution in [-0.4, -0.2) is 34.0 Å². The van der Waals surface area contributed by atoms with Crippen molar-refractivity contribution in [2.75, 3.05) is 18.4 Å². The molecule has 1 aliphatic heterocycles. The minimum Gasteiger partial charge on any atom is -0.366 e. The lowest BCUT2D eigenvalue weighted by atomic mass is 10.0. The van der Waals surface area contributed by atoms with E-state index in [1.165, 1.54) is 5.56 Å². The van der Waals surface area contributed by atoms with Gasteiger partial charge in [0.1, 0.15) is 11.0 Å². The maximum absolute atomic E-state index is 5.86. The molecule has 1 N–H and O–H groups in total. The van der Waals surface area contributed by atoms with Crippen LogP contribution in [0.2, 0.25) is 5.15 Å². The lowest BCUT2D eigenvalue weighted by molar-refractivity contribution is 0.211. The number of benzene rings is 1. The van der Waals surface area contributed by atoms with E-state index in [1.54, 1.807) is 12.4 Å². The Hall–Kier alpha value is -1.17. The van der Waals surface area contributed by atoms with Gasteiger partial charge < -0.3 is 5.32 Å². The number of hydrogen-bond donors (Lipinski definition) is 1. The summed E-state index contributed by atoms with van der Waals surface area (Å²) in [7, 11) is 0. The van der Waals surface area contributed by atoms with Crippen LogP contribution >= 0.6 is 27.5 Å². The molecule has 0 spiro atoms. The molecule has 0 saturated carbocycles. The lowest BCUT2D eigenvalue weighted by Gasteiger charge is -2.32. The molecule has 1 fully saturated rings. The summed E-state index contributed by atoms with van der Waals surface area (Å²) in [6.07, 6.45) is 5.48. The number of anilines is 1. The summed E-state index contributed by atoms with van der Waals surface area (Å²) in [5.41, 5.74) is 1.36. The lowest BCUT2D eigenvalue weighted by Crippen LogP contribution is -2.38. The molecule has 116 valence electrons. The zero-order valence-electron chi connectivity index (χ0n) is 12.2. The molecule has 1 saturated heterocycles. The Morgan fingerprint density at radius 3 is 2.59 bits per heavy atom. The van der Waals surface area contributed by atoms with Crippen LogP contribution in [0, 0.1) is 0 Å². The standard InChI is InChI=1S/C16H18BrClN4/c17-13-3-1-12(2-4-13)11-22-7-5-14(6-8-22)20-16-10-19-9-15(18)21-16/h1-4,9-10,14H,5-8,11H2,(H,20,21). The first-order valence-corrected chi connectivity index (χ1v) is 8.57. The van der Waals surface area contributed by atoms with Crippen molar-refractivity contribution in [3.8, 4) is 0 Å². The molecule has 0 bridgehead atoms. The summed E-state index contributed by atoms with van der Waals surface area (Å²) in [5.74, 6) is 0.763. The van der Waals surface area contributed by atoms with Crippen LogP contribution in [0.1, 0.15) is 18.4 Å². The average Bonchev–Trinajstić information content (AvgIpc) is 2.52. The molecule has 0 atom stereocenters. The maximum atomic E-state index is 5.86. The van der Waals surface area contributed by atoms with Crippen molar-refractivity contribution in [3.05, 3.63) is 51.8 Å². The third-order valence-electron chi connectivity index (χ3n) is 3.86. The van der Waals surface area contributed by atoms with Gasteiger partial charge in [-0.05, 0) is 30.5 Å². The number of nitrogens with zero attached hydrogens (tertiary/aromatic N) is 3. The minimum atomic E-state index is 0.428. The number of hydrogen-bond acceptors (Lipinski definition) is 4. The number of likely N-dealkylation sites (tertiary alicyclic amines) is 1. The molecule has 0 radical (unpaired) electrons. The largest absolute Gasteiger partial charge is 0.366 e. The van der Waals surface area contributed by atoms with Crippen molar-refractivity contribution in [1.29, 1.82) is 0 Å². The summed E-state index contributed by atoms with van der Waals surface area (Å²) in [4.78, 5) is 10.8. The fourth-order valence-corrected chi connectivity index (χ4v) is 3.12. The molecule has 6 heteroatoms. The number of nitrogens with one attached hydrogen (secondary N) is 1. The summed E-state index contributed by atoms with van der Waals surface area (Å²) >= 11 is 9.33. The van der Waals surface area contributed by atoms with Gasteiger partial charge >= 0.3 is 0 Å². The Bertz CT molecular complexity index is 612. The Labute approximate surface area is 144 Å². The van der Waals surface area contributed by atoms with Crippen molar-refractivity contribution >= 4 is 33.3 Å². The second-order valence-corrected chi connectivity index (χ2v) is 6.85. The predicted octanol–water partition coefficient (Wildman–Crippen LogP) is 3.97. The van der Waals surface area contributed by atoms with Crippen molar-refractivity contribution < 1.29 is 0 Å². The van der Waals surface area contributed by atoms with E-state index in [1.807, 2.05) is 0 Å². The highest BCUT2D eigenvalue weighted by Gasteiger charge is 2.19. The van der Waals surface area contributed by atoms with E-state index in [0.29, 0.717) is 11.2 Å². The van der Waals surface area contributed by atoms with Crippen molar-refractivity contribution in [2.45, 2.75) is 25.4 Å². The molecule has 1 aromatic carbocycles. The van der Waals surface area contributed by atoms with Crippen molar-refractivity contribution in [1.82, 2.24) is 14.9 Å². The van der Waals surface area contributed by atoms with Gasteiger partial charge in [0.25, 0.3) is 0 Å². The monoisotopic (exact) mass is 380 g/mol. The molecule has 22 heavy (non-hydrogen) atoms. The first kappa shape index (κ1) is 15.7. The molecule has 0 aliphatic carbocycles.